The maximum atomic E-state index is 12.6. The largest absolute Gasteiger partial charge is 0.478 e. The normalized spacial score (nSPS) is 10.5. The fourth-order valence-electron chi connectivity index (χ4n) is 3.01. The Hall–Kier alpha value is -3.60. The molecule has 33 heavy (non-hydrogen) atoms. The number of amides is 1. The number of H-pyrrole nitrogens is 1. The van der Waals surface area contributed by atoms with Crippen LogP contribution in [-0.2, 0) is 24.5 Å². The third-order valence-electron chi connectivity index (χ3n) is 4.66. The first-order chi connectivity index (χ1) is 15.5. The molecule has 9 nitrogen and oxygen atoms in total. The highest BCUT2D eigenvalue weighted by Crippen LogP contribution is 2.22. The highest BCUT2D eigenvalue weighted by atomic mass is 35.5. The Bertz CT molecular complexity index is 1320. The Balaban J connectivity index is 0.00000306. The van der Waals surface area contributed by atoms with Crippen LogP contribution < -0.4 is 10.9 Å². The monoisotopic (exact) mass is 486 g/mol. The zero-order valence-corrected chi connectivity index (χ0v) is 18.7. The van der Waals surface area contributed by atoms with Crippen molar-refractivity contribution in [2.24, 2.45) is 0 Å². The van der Waals surface area contributed by atoms with Crippen LogP contribution in [0.25, 0.3) is 10.2 Å². The lowest BCUT2D eigenvalue weighted by molar-refractivity contribution is 0.0696. The second-order valence-electron chi connectivity index (χ2n) is 6.89. The van der Waals surface area contributed by atoms with Crippen LogP contribution in [-0.4, -0.2) is 31.9 Å². The van der Waals surface area contributed by atoms with Gasteiger partial charge in [0, 0.05) is 24.5 Å². The lowest BCUT2D eigenvalue weighted by Gasteiger charge is -2.06. The smallest absolute Gasteiger partial charge is 0.335 e. The highest BCUT2D eigenvalue weighted by Gasteiger charge is 2.15. The van der Waals surface area contributed by atoms with E-state index < -0.39 is 17.4 Å². The Morgan fingerprint density at radius 3 is 2.48 bits per heavy atom. The van der Waals surface area contributed by atoms with E-state index in [1.165, 1.54) is 23.5 Å². The van der Waals surface area contributed by atoms with E-state index in [9.17, 15) is 14.4 Å². The number of benzene rings is 1. The van der Waals surface area contributed by atoms with Gasteiger partial charge in [0.15, 0.2) is 0 Å². The van der Waals surface area contributed by atoms with Crippen molar-refractivity contribution in [2.45, 2.75) is 19.8 Å². The zero-order chi connectivity index (χ0) is 22.5. The molecule has 0 bridgehead atoms. The maximum absolute atomic E-state index is 12.6. The number of fused-ring (bicyclic) bond motifs is 1. The van der Waals surface area contributed by atoms with Crippen molar-refractivity contribution >= 4 is 45.8 Å². The number of nitrogens with one attached hydrogen (secondary N) is 2. The van der Waals surface area contributed by atoms with E-state index in [2.05, 4.69) is 20.3 Å². The minimum atomic E-state index is -0.987. The third kappa shape index (κ3) is 5.80. The summed E-state index contributed by atoms with van der Waals surface area (Å²) in [5.41, 5.74) is 2.16. The quantitative estimate of drug-likeness (QED) is 0.348. The molecule has 3 aromatic heterocycles. The molecule has 3 heterocycles. The Kier molecular flexibility index (Phi) is 7.88. The molecule has 0 aliphatic heterocycles. The second kappa shape index (κ2) is 10.8. The summed E-state index contributed by atoms with van der Waals surface area (Å²) >= 11 is 1.26. The topological polar surface area (TPSA) is 134 Å². The first-order valence-electron chi connectivity index (χ1n) is 9.59. The molecule has 3 N–H and O–H groups in total. The zero-order valence-electron chi connectivity index (χ0n) is 17.1. The number of halogens is 1. The van der Waals surface area contributed by atoms with E-state index in [-0.39, 0.29) is 37.0 Å². The number of ether oxygens (including phenoxy) is 1. The fraction of sp³-hybridized carbons (Fsp3) is 0.136. The van der Waals surface area contributed by atoms with Gasteiger partial charge in [-0.25, -0.2) is 9.78 Å². The van der Waals surface area contributed by atoms with Gasteiger partial charge in [-0.15, -0.1) is 23.7 Å². The predicted molar refractivity (Wildman–Crippen MR) is 125 cm³/mol. The third-order valence-corrected chi connectivity index (χ3v) is 5.59. The van der Waals surface area contributed by atoms with Crippen molar-refractivity contribution in [1.82, 2.24) is 20.3 Å². The molecule has 0 spiro atoms. The van der Waals surface area contributed by atoms with Crippen molar-refractivity contribution in [3.63, 3.8) is 0 Å². The van der Waals surface area contributed by atoms with Crippen LogP contribution in [0, 0.1) is 0 Å². The van der Waals surface area contributed by atoms with Crippen LogP contribution in [0.1, 0.15) is 37.7 Å². The van der Waals surface area contributed by atoms with Crippen LogP contribution in [0.4, 0.5) is 0 Å². The number of hydrogen-bond donors (Lipinski definition) is 3. The number of carbonyl (C=O) groups is 2. The summed E-state index contributed by atoms with van der Waals surface area (Å²) in [5.74, 6) is -1.51. The standard InChI is InChI=1S/C22H18N4O5S.ClH/c27-19-17-16(11-31-10-14-1-3-15(4-2-14)22(29)30)12-32-21(17)26-18(25-19)20(28)24-9-13-5-7-23-8-6-13;/h1-8,12H,9-11H2,(H,24,28)(H,29,30)(H,25,26,27);1H. The number of pyridine rings is 1. The van der Waals surface area contributed by atoms with Crippen LogP contribution in [0.3, 0.4) is 0 Å². The van der Waals surface area contributed by atoms with Gasteiger partial charge in [0.2, 0.25) is 5.82 Å². The number of carboxylic acids is 1. The summed E-state index contributed by atoms with van der Waals surface area (Å²) in [6.07, 6.45) is 3.27. The Morgan fingerprint density at radius 2 is 1.79 bits per heavy atom. The van der Waals surface area contributed by atoms with Gasteiger partial charge in [-0.05, 0) is 40.8 Å². The number of carbonyl (C=O) groups excluding carboxylic acids is 1. The van der Waals surface area contributed by atoms with Crippen LogP contribution in [0.2, 0.25) is 0 Å². The number of hydrogen-bond acceptors (Lipinski definition) is 7. The molecule has 170 valence electrons. The molecule has 0 aliphatic carbocycles. The lowest BCUT2D eigenvalue weighted by Crippen LogP contribution is -2.27. The van der Waals surface area contributed by atoms with Crippen molar-refractivity contribution in [1.29, 1.82) is 0 Å². The number of nitrogens with zero attached hydrogens (tertiary/aromatic N) is 2. The molecular weight excluding hydrogens is 468 g/mol. The summed E-state index contributed by atoms with van der Waals surface area (Å²) in [6.45, 7) is 0.733. The first kappa shape index (κ1) is 24.1. The molecule has 0 saturated heterocycles. The molecule has 4 aromatic rings. The molecule has 1 aromatic carbocycles. The maximum Gasteiger partial charge on any atom is 0.335 e. The van der Waals surface area contributed by atoms with Gasteiger partial charge >= 0.3 is 5.97 Å². The Morgan fingerprint density at radius 1 is 1.06 bits per heavy atom. The van der Waals surface area contributed by atoms with Gasteiger partial charge in [-0.3, -0.25) is 14.6 Å². The van der Waals surface area contributed by atoms with Crippen molar-refractivity contribution < 1.29 is 19.4 Å². The summed E-state index contributed by atoms with van der Waals surface area (Å²) in [5, 5.41) is 13.8. The molecule has 0 atom stereocenters. The molecule has 1 amide bonds. The van der Waals surface area contributed by atoms with Crippen molar-refractivity contribution in [2.75, 3.05) is 0 Å². The van der Waals surface area contributed by atoms with Crippen molar-refractivity contribution in [3.05, 3.63) is 92.6 Å². The van der Waals surface area contributed by atoms with E-state index in [1.54, 1.807) is 42.0 Å². The SMILES string of the molecule is Cl.O=C(O)c1ccc(COCc2csc3nc(C(=O)NCc4ccncc4)[nH]c(=O)c23)cc1. The number of rotatable bonds is 8. The molecular formula is C22H19ClN4O5S. The summed E-state index contributed by atoms with van der Waals surface area (Å²) in [4.78, 5) is 47.1. The van der Waals surface area contributed by atoms with Gasteiger partial charge < -0.3 is 20.1 Å². The van der Waals surface area contributed by atoms with E-state index >= 15 is 0 Å². The molecule has 4 rings (SSSR count). The van der Waals surface area contributed by atoms with E-state index in [0.717, 1.165) is 11.1 Å². The molecule has 0 fully saturated rings. The molecule has 0 aliphatic rings. The molecule has 0 radical (unpaired) electrons. The fourth-order valence-corrected chi connectivity index (χ4v) is 3.94. The Labute approximate surface area is 197 Å². The van der Waals surface area contributed by atoms with Gasteiger partial charge in [0.05, 0.1) is 24.2 Å². The highest BCUT2D eigenvalue weighted by molar-refractivity contribution is 7.16. The van der Waals surface area contributed by atoms with Crippen LogP contribution in [0.15, 0.2) is 59.0 Å². The summed E-state index contributed by atoms with van der Waals surface area (Å²) < 4.78 is 5.69. The van der Waals surface area contributed by atoms with Crippen LogP contribution >= 0.6 is 23.7 Å². The van der Waals surface area contributed by atoms with Crippen LogP contribution in [0.5, 0.6) is 0 Å². The van der Waals surface area contributed by atoms with Crippen molar-refractivity contribution in [3.8, 4) is 0 Å². The number of aromatic amines is 1. The predicted octanol–water partition coefficient (Wildman–Crippen LogP) is 3.15. The van der Waals surface area contributed by atoms with Gasteiger partial charge in [-0.2, -0.15) is 0 Å². The van der Waals surface area contributed by atoms with E-state index in [4.69, 9.17) is 9.84 Å². The molecule has 0 unspecified atom stereocenters. The van der Waals surface area contributed by atoms with Gasteiger partial charge in [0.25, 0.3) is 11.5 Å². The minimum absolute atomic E-state index is 0. The van der Waals surface area contributed by atoms with E-state index in [1.807, 2.05) is 0 Å². The molecule has 11 heteroatoms. The minimum Gasteiger partial charge on any atom is -0.478 e. The average molecular weight is 487 g/mol. The lowest BCUT2D eigenvalue weighted by atomic mass is 10.1. The summed E-state index contributed by atoms with van der Waals surface area (Å²) in [7, 11) is 0. The number of aromatic nitrogens is 3. The second-order valence-corrected chi connectivity index (χ2v) is 7.75. The molecule has 0 saturated carbocycles. The number of thiophene rings is 1. The first-order valence-corrected chi connectivity index (χ1v) is 10.5. The number of aromatic carboxylic acids is 1. The van der Waals surface area contributed by atoms with E-state index in [0.29, 0.717) is 22.3 Å². The van der Waals surface area contributed by atoms with Gasteiger partial charge in [-0.1, -0.05) is 12.1 Å². The summed E-state index contributed by atoms with van der Waals surface area (Å²) in [6, 6.07) is 9.95. The number of carboxylic acid groups (broad SMARTS) is 1. The average Bonchev–Trinajstić information content (AvgIpc) is 3.22. The van der Waals surface area contributed by atoms with Gasteiger partial charge in [0.1, 0.15) is 4.83 Å².